The van der Waals surface area contributed by atoms with Crippen molar-refractivity contribution < 1.29 is 18.6 Å². The fourth-order valence-corrected chi connectivity index (χ4v) is 4.20. The largest absolute Gasteiger partial charge is 0.349 e. The van der Waals surface area contributed by atoms with Gasteiger partial charge in [-0.15, -0.1) is 0 Å². The summed E-state index contributed by atoms with van der Waals surface area (Å²) in [5.74, 6) is -0.936. The number of fused-ring (bicyclic) bond motifs is 2. The van der Waals surface area contributed by atoms with Gasteiger partial charge in [-0.2, -0.15) is 0 Å². The minimum Gasteiger partial charge on any atom is -0.349 e. The number of nitrogens with zero attached hydrogens (tertiary/aromatic N) is 3. The molecule has 6 nitrogen and oxygen atoms in total. The number of aromatic nitrogens is 3. The number of rotatable bonds is 3. The normalized spacial score (nSPS) is 28.7. The molecule has 1 aromatic carbocycles. The first-order valence-electron chi connectivity index (χ1n) is 9.45. The number of hydrogen-bond acceptors (Lipinski definition) is 5. The van der Waals surface area contributed by atoms with E-state index in [0.717, 1.165) is 22.3 Å². The van der Waals surface area contributed by atoms with E-state index in [-0.39, 0.29) is 30.4 Å². The second-order valence-corrected chi connectivity index (χ2v) is 7.88. The van der Waals surface area contributed by atoms with Gasteiger partial charge in [0.25, 0.3) is 0 Å². The third-order valence-electron chi connectivity index (χ3n) is 5.46. The molecule has 2 aromatic heterocycles. The number of ether oxygens (including phenoxy) is 3. The van der Waals surface area contributed by atoms with Crippen LogP contribution in [0.3, 0.4) is 0 Å². The molecule has 0 amide bonds. The SMILES string of the molecule is Cc1ncnc2c1ccn2[C@@H]1O[C@H](Cc2ccc(F)cc2)[C@H]2OC(C)(C)O[C@H]21. The van der Waals surface area contributed by atoms with Crippen LogP contribution in [0.2, 0.25) is 0 Å². The van der Waals surface area contributed by atoms with E-state index in [1.165, 1.54) is 12.1 Å². The molecule has 2 aliphatic heterocycles. The van der Waals surface area contributed by atoms with E-state index < -0.39 is 5.79 Å². The van der Waals surface area contributed by atoms with Crippen molar-refractivity contribution in [3.05, 3.63) is 59.9 Å². The lowest BCUT2D eigenvalue weighted by Crippen LogP contribution is -2.31. The Morgan fingerprint density at radius 1 is 1.07 bits per heavy atom. The molecular weight excluding hydrogens is 361 g/mol. The molecular formula is C21H22FN3O3. The summed E-state index contributed by atoms with van der Waals surface area (Å²) in [6.45, 7) is 5.79. The number of hydrogen-bond donors (Lipinski definition) is 0. The van der Waals surface area contributed by atoms with Gasteiger partial charge in [-0.25, -0.2) is 14.4 Å². The highest BCUT2D eigenvalue weighted by molar-refractivity contribution is 5.78. The Bertz CT molecular complexity index is 1020. The molecule has 28 heavy (non-hydrogen) atoms. The van der Waals surface area contributed by atoms with Crippen LogP contribution in [-0.2, 0) is 20.6 Å². The first kappa shape index (κ1) is 17.7. The quantitative estimate of drug-likeness (QED) is 0.692. The molecule has 7 heteroatoms. The molecule has 0 radical (unpaired) electrons. The molecule has 0 spiro atoms. The van der Waals surface area contributed by atoms with Crippen LogP contribution in [0.1, 0.15) is 31.3 Å². The summed E-state index contributed by atoms with van der Waals surface area (Å²) in [6, 6.07) is 8.49. The highest BCUT2D eigenvalue weighted by atomic mass is 19.1. The average Bonchev–Trinajstić information content (AvgIpc) is 3.30. The Kier molecular flexibility index (Phi) is 4.01. The first-order valence-corrected chi connectivity index (χ1v) is 9.45. The molecule has 0 N–H and O–H groups in total. The summed E-state index contributed by atoms with van der Waals surface area (Å²) < 4.78 is 34.0. The van der Waals surface area contributed by atoms with Crippen LogP contribution in [-0.4, -0.2) is 38.6 Å². The van der Waals surface area contributed by atoms with Gasteiger partial charge in [0.15, 0.2) is 12.0 Å². The summed E-state index contributed by atoms with van der Waals surface area (Å²) >= 11 is 0. The minimum atomic E-state index is -0.688. The van der Waals surface area contributed by atoms with Crippen LogP contribution in [0.5, 0.6) is 0 Å². The van der Waals surface area contributed by atoms with Crippen molar-refractivity contribution in [2.75, 3.05) is 0 Å². The summed E-state index contributed by atoms with van der Waals surface area (Å²) in [5, 5.41) is 0.989. The zero-order chi connectivity index (χ0) is 19.5. The van der Waals surface area contributed by atoms with Crippen molar-refractivity contribution >= 4 is 11.0 Å². The summed E-state index contributed by atoms with van der Waals surface area (Å²) in [6.07, 6.45) is 3.10. The minimum absolute atomic E-state index is 0.206. The Balaban J connectivity index is 1.50. The van der Waals surface area contributed by atoms with Gasteiger partial charge in [-0.05, 0) is 44.5 Å². The van der Waals surface area contributed by atoms with Gasteiger partial charge in [0.2, 0.25) is 0 Å². The molecule has 0 saturated carbocycles. The van der Waals surface area contributed by atoms with Gasteiger partial charge in [-0.3, -0.25) is 0 Å². The second kappa shape index (κ2) is 6.34. The van der Waals surface area contributed by atoms with Crippen LogP contribution in [0, 0.1) is 12.7 Å². The average molecular weight is 383 g/mol. The van der Waals surface area contributed by atoms with Gasteiger partial charge in [0.05, 0.1) is 11.8 Å². The number of aryl methyl sites for hydroxylation is 1. The van der Waals surface area contributed by atoms with E-state index in [0.29, 0.717) is 6.42 Å². The van der Waals surface area contributed by atoms with Crippen molar-refractivity contribution in [2.24, 2.45) is 0 Å². The van der Waals surface area contributed by atoms with Gasteiger partial charge in [-0.1, -0.05) is 12.1 Å². The lowest BCUT2D eigenvalue weighted by atomic mass is 10.0. The third-order valence-corrected chi connectivity index (χ3v) is 5.46. The maximum Gasteiger partial charge on any atom is 0.164 e. The van der Waals surface area contributed by atoms with Crippen LogP contribution >= 0.6 is 0 Å². The number of halogens is 1. The molecule has 0 unspecified atom stereocenters. The predicted molar refractivity (Wildman–Crippen MR) is 100 cm³/mol. The molecule has 146 valence electrons. The predicted octanol–water partition coefficient (Wildman–Crippen LogP) is 3.54. The Morgan fingerprint density at radius 3 is 2.61 bits per heavy atom. The van der Waals surface area contributed by atoms with Gasteiger partial charge in [0, 0.05) is 18.0 Å². The molecule has 0 aliphatic carbocycles. The number of benzene rings is 1. The van der Waals surface area contributed by atoms with Gasteiger partial charge in [0.1, 0.15) is 30.0 Å². The Labute approximate surface area is 162 Å². The highest BCUT2D eigenvalue weighted by Crippen LogP contribution is 2.44. The molecule has 3 aromatic rings. The molecule has 4 heterocycles. The van der Waals surface area contributed by atoms with E-state index in [2.05, 4.69) is 9.97 Å². The monoisotopic (exact) mass is 383 g/mol. The first-order chi connectivity index (χ1) is 13.4. The third kappa shape index (κ3) is 2.90. The van der Waals surface area contributed by atoms with E-state index in [9.17, 15) is 4.39 Å². The summed E-state index contributed by atoms with van der Waals surface area (Å²) in [7, 11) is 0. The standard InChI is InChI=1S/C21H22FN3O3/c1-12-15-8-9-25(19(15)24-11-23-12)20-18-17(27-21(2,3)28-18)16(26-20)10-13-4-6-14(22)7-5-13/h4-9,11,16-18,20H,10H2,1-3H3/t16-,17-,18-,20-/m1/s1. The van der Waals surface area contributed by atoms with Crippen LogP contribution in [0.4, 0.5) is 4.39 Å². The molecule has 4 atom stereocenters. The van der Waals surface area contributed by atoms with E-state index in [1.807, 2.05) is 37.6 Å². The van der Waals surface area contributed by atoms with E-state index in [4.69, 9.17) is 14.2 Å². The zero-order valence-electron chi connectivity index (χ0n) is 16.0. The molecule has 2 saturated heterocycles. The van der Waals surface area contributed by atoms with Crippen molar-refractivity contribution in [3.63, 3.8) is 0 Å². The maximum atomic E-state index is 13.3. The van der Waals surface area contributed by atoms with Crippen molar-refractivity contribution in [3.8, 4) is 0 Å². The van der Waals surface area contributed by atoms with Gasteiger partial charge >= 0.3 is 0 Å². The Morgan fingerprint density at radius 2 is 1.82 bits per heavy atom. The van der Waals surface area contributed by atoms with Crippen LogP contribution < -0.4 is 0 Å². The van der Waals surface area contributed by atoms with Gasteiger partial charge < -0.3 is 18.8 Å². The maximum absolute atomic E-state index is 13.3. The highest BCUT2D eigenvalue weighted by Gasteiger charge is 2.55. The Hall–Kier alpha value is -2.35. The molecule has 0 bridgehead atoms. The fraction of sp³-hybridized carbons (Fsp3) is 0.429. The molecule has 2 aliphatic rings. The molecule has 5 rings (SSSR count). The smallest absolute Gasteiger partial charge is 0.164 e. The van der Waals surface area contributed by atoms with Crippen molar-refractivity contribution in [1.29, 1.82) is 0 Å². The lowest BCUT2D eigenvalue weighted by molar-refractivity contribution is -0.196. The van der Waals surface area contributed by atoms with Crippen molar-refractivity contribution in [1.82, 2.24) is 14.5 Å². The van der Waals surface area contributed by atoms with Crippen LogP contribution in [0.15, 0.2) is 42.9 Å². The lowest BCUT2D eigenvalue weighted by Gasteiger charge is -2.25. The summed E-state index contributed by atoms with van der Waals surface area (Å²) in [4.78, 5) is 8.71. The van der Waals surface area contributed by atoms with Crippen LogP contribution in [0.25, 0.3) is 11.0 Å². The topological polar surface area (TPSA) is 58.4 Å². The zero-order valence-corrected chi connectivity index (χ0v) is 16.0. The summed E-state index contributed by atoms with van der Waals surface area (Å²) in [5.41, 5.74) is 2.73. The molecule has 2 fully saturated rings. The van der Waals surface area contributed by atoms with E-state index in [1.54, 1.807) is 18.5 Å². The second-order valence-electron chi connectivity index (χ2n) is 7.88. The fourth-order valence-electron chi connectivity index (χ4n) is 4.20. The van der Waals surface area contributed by atoms with E-state index >= 15 is 0 Å². The van der Waals surface area contributed by atoms with Crippen molar-refractivity contribution in [2.45, 2.75) is 57.5 Å².